The van der Waals surface area contributed by atoms with Gasteiger partial charge < -0.3 is 15.5 Å². The lowest BCUT2D eigenvalue weighted by Crippen LogP contribution is -2.46. The second-order valence-corrected chi connectivity index (χ2v) is 5.03. The van der Waals surface area contributed by atoms with Crippen molar-refractivity contribution in [2.75, 3.05) is 26.2 Å². The average molecular weight is 261 g/mol. The van der Waals surface area contributed by atoms with Gasteiger partial charge in [0.2, 0.25) is 0 Å². The molecule has 1 aliphatic heterocycles. The van der Waals surface area contributed by atoms with Crippen molar-refractivity contribution >= 4 is 6.03 Å². The summed E-state index contributed by atoms with van der Waals surface area (Å²) in [6.45, 7) is 3.54. The number of amides is 2. The van der Waals surface area contributed by atoms with Crippen molar-refractivity contribution in [2.45, 2.75) is 25.8 Å². The molecule has 0 spiro atoms. The number of likely N-dealkylation sites (tertiary alicyclic amines) is 1. The molecular formula is C15H23N3O. The third-order valence-electron chi connectivity index (χ3n) is 3.51. The van der Waals surface area contributed by atoms with Crippen LogP contribution in [0.15, 0.2) is 30.3 Å². The van der Waals surface area contributed by atoms with Crippen LogP contribution in [0.3, 0.4) is 0 Å². The monoisotopic (exact) mass is 261 g/mol. The minimum Gasteiger partial charge on any atom is -0.329 e. The number of hydrogen-bond donors (Lipinski definition) is 1. The normalized spacial score (nSPS) is 15.3. The number of piperidine rings is 1. The first kappa shape index (κ1) is 13.9. The summed E-state index contributed by atoms with van der Waals surface area (Å²) in [6, 6.07) is 10.2. The van der Waals surface area contributed by atoms with E-state index in [4.69, 9.17) is 5.73 Å². The largest absolute Gasteiger partial charge is 0.329 e. The number of hydrogen-bond acceptors (Lipinski definition) is 2. The van der Waals surface area contributed by atoms with Crippen LogP contribution in [0.5, 0.6) is 0 Å². The molecule has 19 heavy (non-hydrogen) atoms. The van der Waals surface area contributed by atoms with Crippen LogP contribution in [0, 0.1) is 0 Å². The van der Waals surface area contributed by atoms with Gasteiger partial charge >= 0.3 is 6.03 Å². The van der Waals surface area contributed by atoms with Crippen LogP contribution in [0.4, 0.5) is 4.79 Å². The van der Waals surface area contributed by atoms with Gasteiger partial charge in [0.05, 0.1) is 0 Å². The fourth-order valence-electron chi connectivity index (χ4n) is 2.49. The topological polar surface area (TPSA) is 49.6 Å². The number of benzene rings is 1. The molecule has 1 aromatic carbocycles. The van der Waals surface area contributed by atoms with E-state index < -0.39 is 0 Å². The van der Waals surface area contributed by atoms with E-state index in [2.05, 4.69) is 0 Å². The van der Waals surface area contributed by atoms with Crippen LogP contribution < -0.4 is 5.73 Å². The fraction of sp³-hybridized carbons (Fsp3) is 0.533. The van der Waals surface area contributed by atoms with E-state index in [1.54, 1.807) is 0 Å². The van der Waals surface area contributed by atoms with E-state index in [0.717, 1.165) is 31.5 Å². The predicted octanol–water partition coefficient (Wildman–Crippen LogP) is 2.05. The number of carbonyl (C=O) groups excluding carboxylic acids is 1. The Balaban J connectivity index is 2.00. The van der Waals surface area contributed by atoms with Gasteiger partial charge in [-0.2, -0.15) is 0 Å². The number of carbonyl (C=O) groups is 1. The minimum absolute atomic E-state index is 0.133. The van der Waals surface area contributed by atoms with Crippen LogP contribution in [-0.2, 0) is 6.54 Å². The van der Waals surface area contributed by atoms with Gasteiger partial charge in [0.1, 0.15) is 0 Å². The molecule has 1 saturated heterocycles. The Bertz CT molecular complexity index is 388. The standard InChI is InChI=1S/C15H23N3O/c16-9-12-18(13-14-7-3-1-4-8-14)15(19)17-10-5-2-6-11-17/h1,3-4,7-8H,2,5-6,9-13,16H2. The molecule has 1 aliphatic rings. The number of rotatable bonds is 4. The molecular weight excluding hydrogens is 238 g/mol. The Morgan fingerprint density at radius 3 is 2.47 bits per heavy atom. The molecule has 0 unspecified atom stereocenters. The summed E-state index contributed by atoms with van der Waals surface area (Å²) in [4.78, 5) is 16.3. The lowest BCUT2D eigenvalue weighted by molar-refractivity contribution is 0.142. The van der Waals surface area contributed by atoms with E-state index in [1.165, 1.54) is 6.42 Å². The van der Waals surface area contributed by atoms with Crippen LogP contribution in [0.1, 0.15) is 24.8 Å². The van der Waals surface area contributed by atoms with Gasteiger partial charge in [0.25, 0.3) is 0 Å². The van der Waals surface area contributed by atoms with Gasteiger partial charge in [-0.05, 0) is 24.8 Å². The highest BCUT2D eigenvalue weighted by Crippen LogP contribution is 2.13. The molecule has 1 fully saturated rings. The van der Waals surface area contributed by atoms with Gasteiger partial charge in [-0.1, -0.05) is 30.3 Å². The third kappa shape index (κ3) is 3.96. The molecule has 0 saturated carbocycles. The van der Waals surface area contributed by atoms with Gasteiger partial charge in [0, 0.05) is 32.7 Å². The second-order valence-electron chi connectivity index (χ2n) is 5.03. The van der Waals surface area contributed by atoms with Crippen molar-refractivity contribution in [1.82, 2.24) is 9.80 Å². The maximum absolute atomic E-state index is 12.5. The summed E-state index contributed by atoms with van der Waals surface area (Å²) in [5.74, 6) is 0. The quantitative estimate of drug-likeness (QED) is 0.902. The summed E-state index contributed by atoms with van der Waals surface area (Å²) in [5.41, 5.74) is 6.79. The molecule has 4 heteroatoms. The van der Waals surface area contributed by atoms with E-state index in [9.17, 15) is 4.79 Å². The summed E-state index contributed by atoms with van der Waals surface area (Å²) >= 11 is 0. The van der Waals surface area contributed by atoms with Gasteiger partial charge in [0.15, 0.2) is 0 Å². The van der Waals surface area contributed by atoms with Crippen molar-refractivity contribution in [3.05, 3.63) is 35.9 Å². The third-order valence-corrected chi connectivity index (χ3v) is 3.51. The van der Waals surface area contributed by atoms with Crippen LogP contribution in [-0.4, -0.2) is 42.0 Å². The molecule has 4 nitrogen and oxygen atoms in total. The van der Waals surface area contributed by atoms with E-state index in [-0.39, 0.29) is 6.03 Å². The predicted molar refractivity (Wildman–Crippen MR) is 76.7 cm³/mol. The molecule has 104 valence electrons. The van der Waals surface area contributed by atoms with Crippen LogP contribution in [0.2, 0.25) is 0 Å². The van der Waals surface area contributed by atoms with E-state index in [0.29, 0.717) is 19.6 Å². The zero-order chi connectivity index (χ0) is 13.5. The highest BCUT2D eigenvalue weighted by molar-refractivity contribution is 5.74. The Morgan fingerprint density at radius 1 is 1.16 bits per heavy atom. The van der Waals surface area contributed by atoms with Crippen molar-refractivity contribution in [3.63, 3.8) is 0 Å². The van der Waals surface area contributed by atoms with Crippen LogP contribution >= 0.6 is 0 Å². The second kappa shape index (κ2) is 7.14. The molecule has 0 bridgehead atoms. The SMILES string of the molecule is NCCN(Cc1ccccc1)C(=O)N1CCCCC1. The Labute approximate surface area is 115 Å². The highest BCUT2D eigenvalue weighted by Gasteiger charge is 2.22. The first-order valence-electron chi connectivity index (χ1n) is 7.09. The van der Waals surface area contributed by atoms with Crippen molar-refractivity contribution in [3.8, 4) is 0 Å². The fourth-order valence-corrected chi connectivity index (χ4v) is 2.49. The van der Waals surface area contributed by atoms with E-state index >= 15 is 0 Å². The Kier molecular flexibility index (Phi) is 5.21. The van der Waals surface area contributed by atoms with Gasteiger partial charge in [-0.15, -0.1) is 0 Å². The molecule has 0 aliphatic carbocycles. The maximum Gasteiger partial charge on any atom is 0.320 e. The van der Waals surface area contributed by atoms with Gasteiger partial charge in [-0.3, -0.25) is 0 Å². The number of nitrogens with two attached hydrogens (primary N) is 1. The van der Waals surface area contributed by atoms with Gasteiger partial charge in [-0.25, -0.2) is 4.79 Å². The summed E-state index contributed by atoms with van der Waals surface area (Å²) in [7, 11) is 0. The minimum atomic E-state index is 0.133. The summed E-state index contributed by atoms with van der Waals surface area (Å²) in [5, 5.41) is 0. The lowest BCUT2D eigenvalue weighted by atomic mass is 10.1. The molecule has 0 atom stereocenters. The molecule has 1 aromatic rings. The van der Waals surface area contributed by atoms with Crippen molar-refractivity contribution < 1.29 is 4.79 Å². The highest BCUT2D eigenvalue weighted by atomic mass is 16.2. The number of urea groups is 1. The van der Waals surface area contributed by atoms with Crippen molar-refractivity contribution in [2.24, 2.45) is 5.73 Å². The van der Waals surface area contributed by atoms with Crippen molar-refractivity contribution in [1.29, 1.82) is 0 Å². The molecule has 0 aromatic heterocycles. The molecule has 0 radical (unpaired) electrons. The zero-order valence-corrected chi connectivity index (χ0v) is 11.4. The molecule has 1 heterocycles. The molecule has 2 amide bonds. The van der Waals surface area contributed by atoms with Crippen LogP contribution in [0.25, 0.3) is 0 Å². The maximum atomic E-state index is 12.5. The lowest BCUT2D eigenvalue weighted by Gasteiger charge is -2.33. The zero-order valence-electron chi connectivity index (χ0n) is 11.4. The molecule has 2 N–H and O–H groups in total. The summed E-state index contributed by atoms with van der Waals surface area (Å²) in [6.07, 6.45) is 3.47. The average Bonchev–Trinajstić information content (AvgIpc) is 2.48. The smallest absolute Gasteiger partial charge is 0.320 e. The first-order valence-corrected chi connectivity index (χ1v) is 7.09. The Morgan fingerprint density at radius 2 is 1.84 bits per heavy atom. The number of nitrogens with zero attached hydrogens (tertiary/aromatic N) is 2. The first-order chi connectivity index (χ1) is 9.31. The summed E-state index contributed by atoms with van der Waals surface area (Å²) < 4.78 is 0. The van der Waals surface area contributed by atoms with E-state index in [1.807, 2.05) is 40.1 Å². The Hall–Kier alpha value is -1.55. The molecule has 2 rings (SSSR count).